The molecule has 0 unspecified atom stereocenters. The van der Waals surface area contributed by atoms with Crippen LogP contribution in [0.5, 0.6) is 11.5 Å². The molecular formula is C28H26N2O5S. The quantitative estimate of drug-likeness (QED) is 0.254. The number of aryl methyl sites for hydroxylation is 1. The Labute approximate surface area is 213 Å². The summed E-state index contributed by atoms with van der Waals surface area (Å²) in [5, 5.41) is 6.74. The number of hydrogen-bond donors (Lipinski definition) is 1. The highest BCUT2D eigenvalue weighted by atomic mass is 32.2. The molecule has 1 saturated heterocycles. The van der Waals surface area contributed by atoms with Gasteiger partial charge < -0.3 is 14.0 Å². The second-order valence-corrected chi connectivity index (χ2v) is 9.58. The maximum atomic E-state index is 11.9. The SMILES string of the molecule is CCCc1cc(-c2noc3ccccc23)ccc1OCCCOc1cccc([C@H]2SC(=O)NC2=O)c1. The van der Waals surface area contributed by atoms with Crippen LogP contribution in [0.3, 0.4) is 0 Å². The fourth-order valence-electron chi connectivity index (χ4n) is 4.20. The lowest BCUT2D eigenvalue weighted by Crippen LogP contribution is -2.20. The van der Waals surface area contributed by atoms with Crippen LogP contribution in [0.2, 0.25) is 0 Å². The van der Waals surface area contributed by atoms with E-state index in [0.29, 0.717) is 25.4 Å². The number of para-hydroxylation sites is 1. The molecule has 0 radical (unpaired) electrons. The molecular weight excluding hydrogens is 476 g/mol. The first kappa shape index (κ1) is 23.9. The predicted molar refractivity (Wildman–Crippen MR) is 139 cm³/mol. The fraction of sp³-hybridized carbons (Fsp3) is 0.250. The van der Waals surface area contributed by atoms with Gasteiger partial charge in [0.15, 0.2) is 5.58 Å². The largest absolute Gasteiger partial charge is 0.493 e. The molecule has 2 amide bonds. The molecule has 0 spiro atoms. The Morgan fingerprint density at radius 2 is 1.86 bits per heavy atom. The number of imide groups is 1. The number of aromatic nitrogens is 1. The Morgan fingerprint density at radius 3 is 2.69 bits per heavy atom. The summed E-state index contributed by atoms with van der Waals surface area (Å²) < 4.78 is 17.4. The molecule has 0 aliphatic carbocycles. The topological polar surface area (TPSA) is 90.7 Å². The number of thioether (sulfide) groups is 1. The first-order valence-corrected chi connectivity index (χ1v) is 12.8. The number of rotatable bonds is 10. The zero-order valence-electron chi connectivity index (χ0n) is 19.9. The van der Waals surface area contributed by atoms with Gasteiger partial charge in [0.1, 0.15) is 22.4 Å². The van der Waals surface area contributed by atoms with E-state index in [0.717, 1.165) is 63.7 Å². The van der Waals surface area contributed by atoms with Gasteiger partial charge in [-0.25, -0.2) is 0 Å². The van der Waals surface area contributed by atoms with Crippen molar-refractivity contribution in [2.45, 2.75) is 31.4 Å². The molecule has 1 aliphatic rings. The lowest BCUT2D eigenvalue weighted by Gasteiger charge is -2.13. The molecule has 1 fully saturated rings. The van der Waals surface area contributed by atoms with Gasteiger partial charge in [0.05, 0.1) is 13.2 Å². The predicted octanol–water partition coefficient (Wildman–Crippen LogP) is 6.32. The monoisotopic (exact) mass is 502 g/mol. The Balaban J connectivity index is 1.18. The van der Waals surface area contributed by atoms with Gasteiger partial charge in [-0.1, -0.05) is 42.8 Å². The molecule has 4 aromatic rings. The van der Waals surface area contributed by atoms with Crippen LogP contribution in [0.1, 0.15) is 36.1 Å². The molecule has 0 bridgehead atoms. The van der Waals surface area contributed by atoms with Gasteiger partial charge in [0.25, 0.3) is 5.24 Å². The summed E-state index contributed by atoms with van der Waals surface area (Å²) in [6.07, 6.45) is 2.60. The third-order valence-electron chi connectivity index (χ3n) is 5.89. The van der Waals surface area contributed by atoms with E-state index in [4.69, 9.17) is 14.0 Å². The molecule has 1 atom stereocenters. The minimum Gasteiger partial charge on any atom is -0.493 e. The third kappa shape index (κ3) is 5.23. The molecule has 1 N–H and O–H groups in total. The lowest BCUT2D eigenvalue weighted by atomic mass is 10.0. The maximum Gasteiger partial charge on any atom is 0.286 e. The first-order chi connectivity index (χ1) is 17.6. The van der Waals surface area contributed by atoms with Crippen LogP contribution in [0.4, 0.5) is 4.79 Å². The van der Waals surface area contributed by atoms with Crippen molar-refractivity contribution in [3.63, 3.8) is 0 Å². The summed E-state index contributed by atoms with van der Waals surface area (Å²) in [5.41, 5.74) is 4.51. The molecule has 2 heterocycles. The zero-order valence-corrected chi connectivity index (χ0v) is 20.7. The molecule has 8 heteroatoms. The molecule has 7 nitrogen and oxygen atoms in total. The molecule has 1 aliphatic heterocycles. The van der Waals surface area contributed by atoms with E-state index in [9.17, 15) is 9.59 Å². The van der Waals surface area contributed by atoms with Crippen molar-refractivity contribution in [2.75, 3.05) is 13.2 Å². The van der Waals surface area contributed by atoms with Crippen LogP contribution in [0, 0.1) is 0 Å². The van der Waals surface area contributed by atoms with Gasteiger partial charge >= 0.3 is 0 Å². The van der Waals surface area contributed by atoms with E-state index >= 15 is 0 Å². The van der Waals surface area contributed by atoms with Gasteiger partial charge in [-0.05, 0) is 71.8 Å². The van der Waals surface area contributed by atoms with Crippen LogP contribution in [-0.2, 0) is 11.2 Å². The molecule has 184 valence electrons. The molecule has 3 aromatic carbocycles. The number of nitrogens with one attached hydrogen (secondary N) is 1. The van der Waals surface area contributed by atoms with Crippen LogP contribution in [0.25, 0.3) is 22.2 Å². The normalized spacial score (nSPS) is 15.3. The number of benzene rings is 3. The van der Waals surface area contributed by atoms with Crippen LogP contribution in [-0.4, -0.2) is 29.5 Å². The van der Waals surface area contributed by atoms with E-state index in [1.54, 1.807) is 0 Å². The Hall–Kier alpha value is -3.78. The first-order valence-electron chi connectivity index (χ1n) is 12.0. The summed E-state index contributed by atoms with van der Waals surface area (Å²) in [6, 6.07) is 21.3. The number of carbonyl (C=O) groups excluding carboxylic acids is 2. The molecule has 5 rings (SSSR count). The Bertz CT molecular complexity index is 1400. The van der Waals surface area contributed by atoms with Crippen molar-refractivity contribution in [3.8, 4) is 22.8 Å². The Kier molecular flexibility index (Phi) is 7.23. The average Bonchev–Trinajstić information content (AvgIpc) is 3.47. The van der Waals surface area contributed by atoms with Crippen molar-refractivity contribution in [3.05, 3.63) is 77.9 Å². The van der Waals surface area contributed by atoms with Crippen LogP contribution in [0.15, 0.2) is 71.3 Å². The summed E-state index contributed by atoms with van der Waals surface area (Å²) in [6.45, 7) is 3.13. The summed E-state index contributed by atoms with van der Waals surface area (Å²) in [5.74, 6) is 1.24. The Morgan fingerprint density at radius 1 is 1.00 bits per heavy atom. The summed E-state index contributed by atoms with van der Waals surface area (Å²) >= 11 is 0.986. The number of hydrogen-bond acceptors (Lipinski definition) is 7. The maximum absolute atomic E-state index is 11.9. The zero-order chi connectivity index (χ0) is 24.9. The van der Waals surface area contributed by atoms with E-state index in [1.165, 1.54) is 0 Å². The highest BCUT2D eigenvalue weighted by Crippen LogP contribution is 2.35. The van der Waals surface area contributed by atoms with Gasteiger partial charge in [-0.3, -0.25) is 14.9 Å². The van der Waals surface area contributed by atoms with Crippen molar-refractivity contribution >= 4 is 33.9 Å². The van der Waals surface area contributed by atoms with E-state index in [2.05, 4.69) is 23.5 Å². The molecule has 1 aromatic heterocycles. The van der Waals surface area contributed by atoms with Gasteiger partial charge in [0.2, 0.25) is 5.91 Å². The second-order valence-electron chi connectivity index (χ2n) is 8.50. The average molecular weight is 503 g/mol. The van der Waals surface area contributed by atoms with Gasteiger partial charge in [-0.2, -0.15) is 0 Å². The number of fused-ring (bicyclic) bond motifs is 1. The van der Waals surface area contributed by atoms with E-state index in [-0.39, 0.29) is 11.1 Å². The van der Waals surface area contributed by atoms with Crippen LogP contribution < -0.4 is 14.8 Å². The van der Waals surface area contributed by atoms with Gasteiger partial charge in [0, 0.05) is 17.4 Å². The fourth-order valence-corrected chi connectivity index (χ4v) is 5.02. The number of nitrogens with zero attached hydrogens (tertiary/aromatic N) is 1. The molecule has 36 heavy (non-hydrogen) atoms. The van der Waals surface area contributed by atoms with Crippen molar-refractivity contribution in [1.29, 1.82) is 0 Å². The minimum atomic E-state index is -0.528. The van der Waals surface area contributed by atoms with E-state index in [1.807, 2.05) is 60.7 Å². The highest BCUT2D eigenvalue weighted by Gasteiger charge is 2.33. The number of ether oxygens (including phenoxy) is 2. The lowest BCUT2D eigenvalue weighted by molar-refractivity contribution is -0.119. The number of amides is 2. The number of carbonyl (C=O) groups is 2. The smallest absolute Gasteiger partial charge is 0.286 e. The van der Waals surface area contributed by atoms with E-state index < -0.39 is 5.25 Å². The van der Waals surface area contributed by atoms with Gasteiger partial charge in [-0.15, -0.1) is 0 Å². The standard InChI is InChI=1S/C28H26N2O5S/c1-2-7-18-16-19(25-22-10-3-4-11-24(22)35-30-25)12-13-23(18)34-15-6-14-33-21-9-5-8-20(17-21)26-27(31)29-28(32)36-26/h3-5,8-13,16-17,26H,2,6-7,14-15H2,1H3,(H,29,31,32)/t26-/m1/s1. The molecule has 0 saturated carbocycles. The summed E-state index contributed by atoms with van der Waals surface area (Å²) in [7, 11) is 0. The van der Waals surface area contributed by atoms with Crippen LogP contribution >= 0.6 is 11.8 Å². The van der Waals surface area contributed by atoms with Crippen molar-refractivity contribution in [1.82, 2.24) is 10.5 Å². The van der Waals surface area contributed by atoms with Crippen molar-refractivity contribution in [2.24, 2.45) is 0 Å². The minimum absolute atomic E-state index is 0.291. The summed E-state index contributed by atoms with van der Waals surface area (Å²) in [4.78, 5) is 23.4. The highest BCUT2D eigenvalue weighted by molar-refractivity contribution is 8.15. The second kappa shape index (κ2) is 10.9. The van der Waals surface area contributed by atoms with Crippen molar-refractivity contribution < 1.29 is 23.6 Å². The third-order valence-corrected chi connectivity index (χ3v) is 6.93.